The summed E-state index contributed by atoms with van der Waals surface area (Å²) >= 11 is 6.22. The van der Waals surface area contributed by atoms with Crippen molar-refractivity contribution >= 4 is 11.6 Å². The molecule has 0 atom stereocenters. The van der Waals surface area contributed by atoms with Gasteiger partial charge in [0.2, 0.25) is 0 Å². The van der Waals surface area contributed by atoms with Crippen LogP contribution in [0, 0.1) is 0 Å². The first-order valence-electron chi connectivity index (χ1n) is 6.54. The van der Waals surface area contributed by atoms with Crippen LogP contribution >= 0.6 is 11.6 Å². The van der Waals surface area contributed by atoms with E-state index in [1.54, 1.807) is 0 Å². The molecule has 20 heavy (non-hydrogen) atoms. The number of hydrogen-bond acceptors (Lipinski definition) is 3. The molecule has 2 N–H and O–H groups in total. The molecule has 0 fully saturated rings. The van der Waals surface area contributed by atoms with E-state index in [9.17, 15) is 0 Å². The molecule has 0 spiro atoms. The number of aliphatic hydroxyl groups excluding tert-OH is 1. The second-order valence-corrected chi connectivity index (χ2v) is 4.87. The van der Waals surface area contributed by atoms with Gasteiger partial charge in [0.05, 0.1) is 0 Å². The smallest absolute Gasteiger partial charge is 0.130 e. The van der Waals surface area contributed by atoms with Crippen LogP contribution in [0.15, 0.2) is 42.5 Å². The molecule has 0 aliphatic carbocycles. The fourth-order valence-corrected chi connectivity index (χ4v) is 2.22. The Hall–Kier alpha value is -1.55. The minimum Gasteiger partial charge on any atom is -0.457 e. The summed E-state index contributed by atoms with van der Waals surface area (Å²) in [5, 5.41) is 12.8. The normalized spacial score (nSPS) is 10.6. The van der Waals surface area contributed by atoms with Crippen molar-refractivity contribution in [3.8, 4) is 11.5 Å². The monoisotopic (exact) mass is 291 g/mol. The maximum atomic E-state index is 9.07. The highest BCUT2D eigenvalue weighted by Crippen LogP contribution is 2.29. The van der Waals surface area contributed by atoms with Gasteiger partial charge in [-0.05, 0) is 42.8 Å². The average molecular weight is 292 g/mol. The molecule has 0 unspecified atom stereocenters. The molecule has 0 saturated heterocycles. The van der Waals surface area contributed by atoms with Gasteiger partial charge in [0.15, 0.2) is 0 Å². The van der Waals surface area contributed by atoms with E-state index in [2.05, 4.69) is 5.32 Å². The Morgan fingerprint density at radius 3 is 2.65 bits per heavy atom. The number of para-hydroxylation sites is 1. The predicted octanol–water partition coefficient (Wildman–Crippen LogP) is 3.39. The van der Waals surface area contributed by atoms with Crippen molar-refractivity contribution in [2.45, 2.75) is 13.0 Å². The maximum absolute atomic E-state index is 9.07. The lowest BCUT2D eigenvalue weighted by Crippen LogP contribution is -2.05. The van der Waals surface area contributed by atoms with Gasteiger partial charge in [0, 0.05) is 18.2 Å². The molecule has 3 nitrogen and oxygen atoms in total. The average Bonchev–Trinajstić information content (AvgIpc) is 2.44. The number of ether oxygens (including phenoxy) is 1. The maximum Gasteiger partial charge on any atom is 0.130 e. The SMILES string of the molecule is CNCc1ccc(Oc2ccccc2CCO)cc1Cl. The molecule has 2 aromatic carbocycles. The van der Waals surface area contributed by atoms with E-state index >= 15 is 0 Å². The Labute approximate surface area is 124 Å². The summed E-state index contributed by atoms with van der Waals surface area (Å²) < 4.78 is 5.86. The molecule has 0 bridgehead atoms. The van der Waals surface area contributed by atoms with Gasteiger partial charge in [-0.25, -0.2) is 0 Å². The Morgan fingerprint density at radius 1 is 1.15 bits per heavy atom. The number of aliphatic hydroxyl groups is 1. The molecular weight excluding hydrogens is 274 g/mol. The quantitative estimate of drug-likeness (QED) is 0.857. The zero-order valence-electron chi connectivity index (χ0n) is 11.4. The van der Waals surface area contributed by atoms with Crippen LogP contribution in [0.2, 0.25) is 5.02 Å². The fraction of sp³-hybridized carbons (Fsp3) is 0.250. The van der Waals surface area contributed by atoms with Gasteiger partial charge in [-0.1, -0.05) is 35.9 Å². The van der Waals surface area contributed by atoms with E-state index in [1.807, 2.05) is 49.5 Å². The van der Waals surface area contributed by atoms with E-state index in [0.29, 0.717) is 17.2 Å². The zero-order valence-corrected chi connectivity index (χ0v) is 12.2. The summed E-state index contributed by atoms with van der Waals surface area (Å²) in [5.41, 5.74) is 2.01. The Bertz CT molecular complexity index is 572. The molecule has 4 heteroatoms. The van der Waals surface area contributed by atoms with Gasteiger partial charge in [-0.3, -0.25) is 0 Å². The molecule has 0 heterocycles. The summed E-state index contributed by atoms with van der Waals surface area (Å²) in [6, 6.07) is 13.3. The first-order chi connectivity index (χ1) is 9.74. The highest BCUT2D eigenvalue weighted by Gasteiger charge is 2.06. The summed E-state index contributed by atoms with van der Waals surface area (Å²) in [6.07, 6.45) is 0.571. The Balaban J connectivity index is 2.20. The summed E-state index contributed by atoms with van der Waals surface area (Å²) in [4.78, 5) is 0. The molecule has 106 valence electrons. The zero-order chi connectivity index (χ0) is 14.4. The van der Waals surface area contributed by atoms with Crippen LogP contribution in [-0.2, 0) is 13.0 Å². The first-order valence-corrected chi connectivity index (χ1v) is 6.92. The highest BCUT2D eigenvalue weighted by atomic mass is 35.5. The van der Waals surface area contributed by atoms with Crippen molar-refractivity contribution in [2.24, 2.45) is 0 Å². The highest BCUT2D eigenvalue weighted by molar-refractivity contribution is 6.31. The first kappa shape index (κ1) is 14.9. The molecule has 0 aliphatic rings. The number of nitrogens with one attached hydrogen (secondary N) is 1. The third kappa shape index (κ3) is 3.73. The second kappa shape index (κ2) is 7.29. The van der Waals surface area contributed by atoms with Gasteiger partial charge in [0.25, 0.3) is 0 Å². The minimum absolute atomic E-state index is 0.0994. The predicted molar refractivity (Wildman–Crippen MR) is 81.5 cm³/mol. The van der Waals surface area contributed by atoms with Crippen molar-refractivity contribution in [1.29, 1.82) is 0 Å². The summed E-state index contributed by atoms with van der Waals surface area (Å²) in [7, 11) is 1.88. The fourth-order valence-electron chi connectivity index (χ4n) is 1.98. The summed E-state index contributed by atoms with van der Waals surface area (Å²) in [6.45, 7) is 0.822. The lowest BCUT2D eigenvalue weighted by Gasteiger charge is -2.12. The Morgan fingerprint density at radius 2 is 1.95 bits per heavy atom. The third-order valence-electron chi connectivity index (χ3n) is 2.97. The van der Waals surface area contributed by atoms with Crippen LogP contribution in [0.1, 0.15) is 11.1 Å². The molecular formula is C16H18ClNO2. The van der Waals surface area contributed by atoms with E-state index in [4.69, 9.17) is 21.4 Å². The minimum atomic E-state index is 0.0994. The Kier molecular flexibility index (Phi) is 5.41. The molecule has 2 rings (SSSR count). The molecule has 0 aliphatic heterocycles. The van der Waals surface area contributed by atoms with Crippen LogP contribution in [0.5, 0.6) is 11.5 Å². The molecule has 0 radical (unpaired) electrons. The van der Waals surface area contributed by atoms with Crippen molar-refractivity contribution < 1.29 is 9.84 Å². The molecule has 0 saturated carbocycles. The van der Waals surface area contributed by atoms with E-state index < -0.39 is 0 Å². The van der Waals surface area contributed by atoms with Crippen molar-refractivity contribution in [1.82, 2.24) is 5.32 Å². The van der Waals surface area contributed by atoms with Crippen LogP contribution in [0.4, 0.5) is 0 Å². The number of rotatable bonds is 6. The van der Waals surface area contributed by atoms with E-state index in [-0.39, 0.29) is 6.61 Å². The standard InChI is InChI=1S/C16H18ClNO2/c1-18-11-13-6-7-14(10-15(13)17)20-16-5-3-2-4-12(16)8-9-19/h2-7,10,18-19H,8-9,11H2,1H3. The number of hydrogen-bond donors (Lipinski definition) is 2. The van der Waals surface area contributed by atoms with Crippen LogP contribution in [0.25, 0.3) is 0 Å². The van der Waals surface area contributed by atoms with Gasteiger partial charge in [-0.15, -0.1) is 0 Å². The lowest BCUT2D eigenvalue weighted by molar-refractivity contribution is 0.298. The second-order valence-electron chi connectivity index (χ2n) is 4.47. The summed E-state index contributed by atoms with van der Waals surface area (Å²) in [5.74, 6) is 1.44. The third-order valence-corrected chi connectivity index (χ3v) is 3.33. The number of benzene rings is 2. The van der Waals surface area contributed by atoms with Crippen LogP contribution in [-0.4, -0.2) is 18.8 Å². The van der Waals surface area contributed by atoms with E-state index in [1.165, 1.54) is 0 Å². The number of halogens is 1. The lowest BCUT2D eigenvalue weighted by atomic mass is 10.1. The molecule has 0 amide bonds. The van der Waals surface area contributed by atoms with Gasteiger partial charge < -0.3 is 15.2 Å². The molecule has 0 aromatic heterocycles. The molecule has 2 aromatic rings. The van der Waals surface area contributed by atoms with Gasteiger partial charge >= 0.3 is 0 Å². The van der Waals surface area contributed by atoms with Crippen LogP contribution < -0.4 is 10.1 Å². The van der Waals surface area contributed by atoms with Crippen LogP contribution in [0.3, 0.4) is 0 Å². The van der Waals surface area contributed by atoms with Gasteiger partial charge in [0.1, 0.15) is 11.5 Å². The van der Waals surface area contributed by atoms with E-state index in [0.717, 1.165) is 23.4 Å². The van der Waals surface area contributed by atoms with Crippen molar-refractivity contribution in [3.05, 3.63) is 58.6 Å². The topological polar surface area (TPSA) is 41.5 Å². The van der Waals surface area contributed by atoms with Gasteiger partial charge in [-0.2, -0.15) is 0 Å². The van der Waals surface area contributed by atoms with Crippen molar-refractivity contribution in [2.75, 3.05) is 13.7 Å². The largest absolute Gasteiger partial charge is 0.457 e. The van der Waals surface area contributed by atoms with Crippen molar-refractivity contribution in [3.63, 3.8) is 0 Å².